The van der Waals surface area contributed by atoms with Crippen LogP contribution in [0.25, 0.3) is 0 Å². The van der Waals surface area contributed by atoms with E-state index in [4.69, 9.17) is 4.74 Å². The lowest BCUT2D eigenvalue weighted by Crippen LogP contribution is -2.39. The molecule has 0 saturated carbocycles. The van der Waals surface area contributed by atoms with Crippen molar-refractivity contribution in [1.82, 2.24) is 10.2 Å². The minimum absolute atomic E-state index is 0.0388. The zero-order valence-corrected chi connectivity index (χ0v) is 8.93. The molecule has 1 saturated heterocycles. The number of hydrogen-bond acceptors (Lipinski definition) is 4. The second-order valence-corrected chi connectivity index (χ2v) is 3.87. The van der Waals surface area contributed by atoms with Crippen molar-refractivity contribution < 1.29 is 14.3 Å². The molecule has 5 nitrogen and oxygen atoms in total. The molecule has 0 atom stereocenters. The number of thioether (sulfide) groups is 1. The number of carbonyl (C=O) groups is 2. The number of methoxy groups -OCH3 is 1. The Kier molecular flexibility index (Phi) is 4.75. The number of ether oxygens (including phenoxy) is 1. The number of hydrogen-bond donors (Lipinski definition) is 1. The summed E-state index contributed by atoms with van der Waals surface area (Å²) in [7, 11) is 1.58. The van der Waals surface area contributed by atoms with Crippen molar-refractivity contribution >= 4 is 23.6 Å². The highest BCUT2D eigenvalue weighted by Crippen LogP contribution is 2.13. The highest BCUT2D eigenvalue weighted by Gasteiger charge is 2.22. The number of rotatable bonds is 5. The van der Waals surface area contributed by atoms with Gasteiger partial charge in [0.15, 0.2) is 0 Å². The van der Waals surface area contributed by atoms with E-state index in [1.165, 1.54) is 11.8 Å². The highest BCUT2D eigenvalue weighted by atomic mass is 32.2. The Labute approximate surface area is 87.2 Å². The molecule has 1 heterocycles. The van der Waals surface area contributed by atoms with Crippen LogP contribution in [0.15, 0.2) is 0 Å². The van der Waals surface area contributed by atoms with E-state index >= 15 is 0 Å². The smallest absolute Gasteiger partial charge is 0.239 e. The van der Waals surface area contributed by atoms with Crippen LogP contribution in [0.5, 0.6) is 0 Å². The fourth-order valence-corrected chi connectivity index (χ4v) is 1.97. The Balaban J connectivity index is 2.16. The lowest BCUT2D eigenvalue weighted by molar-refractivity contribution is -0.132. The number of carbonyl (C=O) groups excluding carboxylic acids is 2. The molecule has 0 spiro atoms. The van der Waals surface area contributed by atoms with Crippen molar-refractivity contribution in [3.63, 3.8) is 0 Å². The van der Waals surface area contributed by atoms with Gasteiger partial charge in [0.05, 0.1) is 18.2 Å². The SMILES string of the molecule is COCCNC(=O)CN1CSCC1=O. The van der Waals surface area contributed by atoms with Crippen LogP contribution in [-0.4, -0.2) is 55.2 Å². The topological polar surface area (TPSA) is 58.6 Å². The molecule has 0 radical (unpaired) electrons. The normalized spacial score (nSPS) is 16.1. The molecule has 1 fully saturated rings. The summed E-state index contributed by atoms with van der Waals surface area (Å²) in [5, 5.41) is 2.66. The molecule has 0 aliphatic carbocycles. The largest absolute Gasteiger partial charge is 0.383 e. The maximum atomic E-state index is 11.2. The maximum absolute atomic E-state index is 11.2. The van der Waals surface area contributed by atoms with Crippen LogP contribution in [0.3, 0.4) is 0 Å². The maximum Gasteiger partial charge on any atom is 0.239 e. The Morgan fingerprint density at radius 2 is 2.50 bits per heavy atom. The van der Waals surface area contributed by atoms with Gasteiger partial charge in [-0.15, -0.1) is 11.8 Å². The predicted molar refractivity (Wildman–Crippen MR) is 53.9 cm³/mol. The quantitative estimate of drug-likeness (QED) is 0.619. The molecule has 6 heteroatoms. The fraction of sp³-hybridized carbons (Fsp3) is 0.750. The van der Waals surface area contributed by atoms with Crippen LogP contribution in [0.1, 0.15) is 0 Å². The Morgan fingerprint density at radius 1 is 1.71 bits per heavy atom. The van der Waals surface area contributed by atoms with E-state index in [0.717, 1.165) is 0 Å². The van der Waals surface area contributed by atoms with Gasteiger partial charge in [-0.3, -0.25) is 9.59 Å². The van der Waals surface area contributed by atoms with Crippen molar-refractivity contribution in [2.45, 2.75) is 0 Å². The summed E-state index contributed by atoms with van der Waals surface area (Å²) in [6.45, 7) is 1.15. The van der Waals surface area contributed by atoms with Crippen molar-refractivity contribution in [1.29, 1.82) is 0 Å². The third kappa shape index (κ3) is 3.55. The standard InChI is InChI=1S/C8H14N2O3S/c1-13-3-2-9-7(11)4-10-6-14-5-8(10)12/h2-6H2,1H3,(H,9,11). The van der Waals surface area contributed by atoms with Gasteiger partial charge in [0.2, 0.25) is 11.8 Å². The van der Waals surface area contributed by atoms with Crippen molar-refractivity contribution in [3.05, 3.63) is 0 Å². The first-order valence-corrected chi connectivity index (χ1v) is 5.50. The molecule has 80 valence electrons. The third-order valence-electron chi connectivity index (χ3n) is 1.79. The molecule has 14 heavy (non-hydrogen) atoms. The lowest BCUT2D eigenvalue weighted by Gasteiger charge is -2.13. The van der Waals surface area contributed by atoms with Crippen LogP contribution in [-0.2, 0) is 14.3 Å². The average molecular weight is 218 g/mol. The van der Waals surface area contributed by atoms with Gasteiger partial charge >= 0.3 is 0 Å². The zero-order valence-electron chi connectivity index (χ0n) is 8.12. The zero-order chi connectivity index (χ0) is 10.4. The first-order chi connectivity index (χ1) is 6.74. The molecule has 2 amide bonds. The van der Waals surface area contributed by atoms with Crippen LogP contribution < -0.4 is 5.32 Å². The van der Waals surface area contributed by atoms with Crippen molar-refractivity contribution in [2.75, 3.05) is 38.4 Å². The van der Waals surface area contributed by atoms with Crippen LogP contribution >= 0.6 is 11.8 Å². The van der Waals surface area contributed by atoms with Gasteiger partial charge in [-0.1, -0.05) is 0 Å². The molecule has 1 aliphatic rings. The molecular weight excluding hydrogens is 204 g/mol. The summed E-state index contributed by atoms with van der Waals surface area (Å²) in [6.07, 6.45) is 0. The van der Waals surface area contributed by atoms with Crippen LogP contribution in [0, 0.1) is 0 Å². The minimum Gasteiger partial charge on any atom is -0.383 e. The summed E-state index contributed by atoms with van der Waals surface area (Å²) in [5.41, 5.74) is 0. The summed E-state index contributed by atoms with van der Waals surface area (Å²) in [4.78, 5) is 23.9. The first-order valence-electron chi connectivity index (χ1n) is 4.35. The molecule has 1 rings (SSSR count). The van der Waals surface area contributed by atoms with E-state index in [9.17, 15) is 9.59 Å². The second kappa shape index (κ2) is 5.87. The van der Waals surface area contributed by atoms with Gasteiger partial charge in [0.25, 0.3) is 0 Å². The average Bonchev–Trinajstić information content (AvgIpc) is 2.52. The second-order valence-electron chi connectivity index (χ2n) is 2.91. The van der Waals surface area contributed by atoms with Crippen LogP contribution in [0.2, 0.25) is 0 Å². The van der Waals surface area contributed by atoms with Gasteiger partial charge in [0.1, 0.15) is 6.54 Å². The van der Waals surface area contributed by atoms with Crippen LogP contribution in [0.4, 0.5) is 0 Å². The number of nitrogens with one attached hydrogen (secondary N) is 1. The monoisotopic (exact) mass is 218 g/mol. The highest BCUT2D eigenvalue weighted by molar-refractivity contribution is 8.00. The lowest BCUT2D eigenvalue weighted by atomic mass is 10.5. The molecule has 0 unspecified atom stereocenters. The molecule has 0 bridgehead atoms. The van der Waals surface area contributed by atoms with Gasteiger partial charge in [-0.2, -0.15) is 0 Å². The Bertz CT molecular complexity index is 223. The molecule has 1 aliphatic heterocycles. The summed E-state index contributed by atoms with van der Waals surface area (Å²) in [5.74, 6) is 1.02. The van der Waals surface area contributed by atoms with E-state index in [-0.39, 0.29) is 18.4 Å². The van der Waals surface area contributed by atoms with E-state index in [1.54, 1.807) is 12.0 Å². The van der Waals surface area contributed by atoms with Crippen molar-refractivity contribution in [3.8, 4) is 0 Å². The van der Waals surface area contributed by atoms with E-state index < -0.39 is 0 Å². The first kappa shape index (κ1) is 11.3. The molecular formula is C8H14N2O3S. The minimum atomic E-state index is -0.127. The molecule has 0 aromatic carbocycles. The Hall–Kier alpha value is -0.750. The number of nitrogens with zero attached hydrogens (tertiary/aromatic N) is 1. The van der Waals surface area contributed by atoms with E-state index in [0.29, 0.717) is 24.8 Å². The summed E-state index contributed by atoms with van der Waals surface area (Å²) < 4.78 is 4.78. The van der Waals surface area contributed by atoms with E-state index in [1.807, 2.05) is 0 Å². The molecule has 0 aromatic rings. The van der Waals surface area contributed by atoms with Gasteiger partial charge < -0.3 is 15.0 Å². The summed E-state index contributed by atoms with van der Waals surface area (Å²) >= 11 is 1.53. The van der Waals surface area contributed by atoms with Crippen molar-refractivity contribution in [2.24, 2.45) is 0 Å². The Morgan fingerprint density at radius 3 is 3.07 bits per heavy atom. The fourth-order valence-electron chi connectivity index (χ4n) is 1.06. The summed E-state index contributed by atoms with van der Waals surface area (Å²) in [6, 6.07) is 0. The van der Waals surface area contributed by atoms with Gasteiger partial charge in [0, 0.05) is 13.7 Å². The molecule has 1 N–H and O–H groups in total. The molecule has 0 aromatic heterocycles. The third-order valence-corrected chi connectivity index (χ3v) is 2.73. The van der Waals surface area contributed by atoms with E-state index in [2.05, 4.69) is 5.32 Å². The van der Waals surface area contributed by atoms with Gasteiger partial charge in [-0.25, -0.2) is 0 Å². The predicted octanol–water partition coefficient (Wildman–Crippen LogP) is -0.718. The van der Waals surface area contributed by atoms with Gasteiger partial charge in [-0.05, 0) is 0 Å². The number of amides is 2.